The molecule has 2 aromatic carbocycles. The summed E-state index contributed by atoms with van der Waals surface area (Å²) in [6.07, 6.45) is -1.06. The summed E-state index contributed by atoms with van der Waals surface area (Å²) in [6, 6.07) is 14.2. The zero-order valence-corrected chi connectivity index (χ0v) is 19.2. The van der Waals surface area contributed by atoms with E-state index in [0.29, 0.717) is 11.3 Å². The Kier molecular flexibility index (Phi) is 8.23. The first kappa shape index (κ1) is 22.3. The van der Waals surface area contributed by atoms with Crippen molar-refractivity contribution in [3.8, 4) is 5.75 Å². The molecule has 0 spiro atoms. The van der Waals surface area contributed by atoms with Gasteiger partial charge in [-0.1, -0.05) is 40.9 Å². The van der Waals surface area contributed by atoms with Gasteiger partial charge in [-0.05, 0) is 77.3 Å². The minimum Gasteiger partial charge on any atom is -0.497 e. The molecule has 0 radical (unpaired) electrons. The van der Waals surface area contributed by atoms with Gasteiger partial charge in [-0.15, -0.1) is 0 Å². The van der Waals surface area contributed by atoms with Crippen molar-refractivity contribution in [1.82, 2.24) is 10.6 Å². The first-order chi connectivity index (χ1) is 12.7. The van der Waals surface area contributed by atoms with Crippen molar-refractivity contribution in [3.63, 3.8) is 0 Å². The second kappa shape index (κ2) is 9.97. The zero-order valence-electron chi connectivity index (χ0n) is 13.9. The summed E-state index contributed by atoms with van der Waals surface area (Å²) in [5.74, 6) is 0.0896. The highest BCUT2D eigenvalue weighted by atomic mass is 127. The van der Waals surface area contributed by atoms with Crippen LogP contribution in [0.5, 0.6) is 5.75 Å². The number of rotatable bonds is 5. The molecule has 0 heterocycles. The summed E-state index contributed by atoms with van der Waals surface area (Å²) in [6.45, 7) is 0. The van der Waals surface area contributed by atoms with Gasteiger partial charge in [-0.3, -0.25) is 4.79 Å². The van der Waals surface area contributed by atoms with Gasteiger partial charge in [-0.2, -0.15) is 0 Å². The number of thiocarbonyl (C=S) groups is 1. The second-order valence-electron chi connectivity index (χ2n) is 5.29. The lowest BCUT2D eigenvalue weighted by Crippen LogP contribution is -2.56. The van der Waals surface area contributed by atoms with Gasteiger partial charge in [0.1, 0.15) is 11.9 Å². The summed E-state index contributed by atoms with van der Waals surface area (Å²) >= 11 is 25.4. The Labute approximate surface area is 191 Å². The number of nitrogens with one attached hydrogen (secondary N) is 3. The number of carbonyl (C=O) groups is 1. The van der Waals surface area contributed by atoms with Gasteiger partial charge in [0.2, 0.25) is 3.79 Å². The fourth-order valence-electron chi connectivity index (χ4n) is 2.01. The Morgan fingerprint density at radius 1 is 1.15 bits per heavy atom. The van der Waals surface area contributed by atoms with Crippen molar-refractivity contribution in [2.24, 2.45) is 0 Å². The van der Waals surface area contributed by atoms with Crippen LogP contribution < -0.4 is 20.7 Å². The number of hydrogen-bond donors (Lipinski definition) is 3. The number of methoxy groups -OCH3 is 1. The van der Waals surface area contributed by atoms with Crippen LogP contribution in [0.3, 0.4) is 0 Å². The molecular formula is C17H15Cl3IN3O2S. The molecule has 10 heteroatoms. The Bertz CT molecular complexity index is 816. The minimum atomic E-state index is -1.84. The molecule has 3 N–H and O–H groups in total. The van der Waals surface area contributed by atoms with Crippen molar-refractivity contribution >= 4 is 86.3 Å². The quantitative estimate of drug-likeness (QED) is 0.215. The normalized spacial score (nSPS) is 12.0. The predicted molar refractivity (Wildman–Crippen MR) is 123 cm³/mol. The number of anilines is 1. The van der Waals surface area contributed by atoms with E-state index < -0.39 is 15.9 Å². The summed E-state index contributed by atoms with van der Waals surface area (Å²) in [5, 5.41) is 8.59. The number of alkyl halides is 3. The Morgan fingerprint density at radius 2 is 1.81 bits per heavy atom. The van der Waals surface area contributed by atoms with E-state index >= 15 is 0 Å². The zero-order chi connectivity index (χ0) is 20.0. The smallest absolute Gasteiger partial charge is 0.253 e. The molecule has 2 rings (SSSR count). The molecule has 0 aliphatic rings. The second-order valence-corrected chi connectivity index (χ2v) is 9.31. The molecule has 1 atom stereocenters. The van der Waals surface area contributed by atoms with E-state index in [-0.39, 0.29) is 5.11 Å². The van der Waals surface area contributed by atoms with E-state index in [0.717, 1.165) is 9.26 Å². The molecule has 27 heavy (non-hydrogen) atoms. The van der Waals surface area contributed by atoms with Crippen LogP contribution in [0.4, 0.5) is 5.69 Å². The lowest BCUT2D eigenvalue weighted by Gasteiger charge is -2.27. The number of hydrogen-bond acceptors (Lipinski definition) is 3. The summed E-state index contributed by atoms with van der Waals surface area (Å²) in [7, 11) is 1.51. The Balaban J connectivity index is 2.07. The van der Waals surface area contributed by atoms with Crippen LogP contribution in [0.1, 0.15) is 10.4 Å². The van der Waals surface area contributed by atoms with Gasteiger partial charge in [0, 0.05) is 14.8 Å². The summed E-state index contributed by atoms with van der Waals surface area (Å²) in [4.78, 5) is 12.5. The SMILES string of the molecule is COc1cccc(C(=O)N[C@@H](NC(=S)Nc2ccc(I)cc2)C(Cl)(Cl)Cl)c1. The maximum absolute atomic E-state index is 12.5. The molecule has 0 aliphatic heterocycles. The van der Waals surface area contributed by atoms with Gasteiger partial charge in [0.05, 0.1) is 7.11 Å². The van der Waals surface area contributed by atoms with Gasteiger partial charge in [0.25, 0.3) is 5.91 Å². The topological polar surface area (TPSA) is 62.4 Å². The fraction of sp³-hybridized carbons (Fsp3) is 0.176. The minimum absolute atomic E-state index is 0.193. The van der Waals surface area contributed by atoms with E-state index in [2.05, 4.69) is 38.5 Å². The highest BCUT2D eigenvalue weighted by Crippen LogP contribution is 2.29. The number of amides is 1. The molecule has 144 valence electrons. The lowest BCUT2D eigenvalue weighted by atomic mass is 10.2. The molecule has 0 fully saturated rings. The van der Waals surface area contributed by atoms with Gasteiger partial charge in [0.15, 0.2) is 5.11 Å². The van der Waals surface area contributed by atoms with Crippen LogP contribution in [-0.2, 0) is 0 Å². The maximum Gasteiger partial charge on any atom is 0.253 e. The third-order valence-electron chi connectivity index (χ3n) is 3.31. The summed E-state index contributed by atoms with van der Waals surface area (Å²) < 4.78 is 4.36. The van der Waals surface area contributed by atoms with Crippen LogP contribution in [0.25, 0.3) is 0 Å². The van der Waals surface area contributed by atoms with Crippen LogP contribution in [-0.4, -0.2) is 28.1 Å². The van der Waals surface area contributed by atoms with Crippen LogP contribution in [0.2, 0.25) is 0 Å². The Morgan fingerprint density at radius 3 is 2.41 bits per heavy atom. The number of carbonyl (C=O) groups excluding carboxylic acids is 1. The number of benzene rings is 2. The molecule has 0 bridgehead atoms. The first-order valence-corrected chi connectivity index (χ1v) is 10.2. The molecular weight excluding hydrogens is 544 g/mol. The van der Waals surface area contributed by atoms with Crippen LogP contribution >= 0.6 is 69.6 Å². The third-order valence-corrected chi connectivity index (χ3v) is 4.91. The largest absolute Gasteiger partial charge is 0.497 e. The molecule has 5 nitrogen and oxygen atoms in total. The molecule has 2 aromatic rings. The molecule has 0 unspecified atom stereocenters. The van der Waals surface area contributed by atoms with E-state index in [1.165, 1.54) is 7.11 Å². The maximum atomic E-state index is 12.5. The molecule has 1 amide bonds. The molecule has 0 saturated heterocycles. The molecule has 0 aliphatic carbocycles. The fourth-order valence-corrected chi connectivity index (χ4v) is 2.93. The van der Waals surface area contributed by atoms with Crippen LogP contribution in [0.15, 0.2) is 48.5 Å². The van der Waals surface area contributed by atoms with E-state index in [4.69, 9.17) is 51.8 Å². The first-order valence-electron chi connectivity index (χ1n) is 7.54. The monoisotopic (exact) mass is 557 g/mol. The summed E-state index contributed by atoms with van der Waals surface area (Å²) in [5.41, 5.74) is 1.11. The highest BCUT2D eigenvalue weighted by molar-refractivity contribution is 14.1. The van der Waals surface area contributed by atoms with Gasteiger partial charge < -0.3 is 20.7 Å². The number of halogens is 4. The molecule has 0 aromatic heterocycles. The Hall–Kier alpha value is -1.000. The highest BCUT2D eigenvalue weighted by Gasteiger charge is 2.35. The number of ether oxygens (including phenoxy) is 1. The van der Waals surface area contributed by atoms with Gasteiger partial charge >= 0.3 is 0 Å². The third kappa shape index (κ3) is 7.15. The van der Waals surface area contributed by atoms with Crippen molar-refractivity contribution < 1.29 is 9.53 Å². The molecule has 0 saturated carbocycles. The van der Waals surface area contributed by atoms with Crippen LogP contribution in [0, 0.1) is 3.57 Å². The van der Waals surface area contributed by atoms with Crippen molar-refractivity contribution in [1.29, 1.82) is 0 Å². The van der Waals surface area contributed by atoms with Crippen molar-refractivity contribution in [3.05, 3.63) is 57.7 Å². The van der Waals surface area contributed by atoms with E-state index in [9.17, 15) is 4.79 Å². The average molecular weight is 559 g/mol. The standard InChI is InChI=1S/C17H15Cl3IN3O2S/c1-26-13-4-2-3-10(9-13)14(25)23-15(17(18,19)20)24-16(27)22-12-7-5-11(21)6-8-12/h2-9,15H,1H3,(H,23,25)(H2,22,24,27)/t15-/m0/s1. The van der Waals surface area contributed by atoms with Crippen molar-refractivity contribution in [2.45, 2.75) is 9.96 Å². The van der Waals surface area contributed by atoms with E-state index in [1.54, 1.807) is 24.3 Å². The average Bonchev–Trinajstić information content (AvgIpc) is 2.62. The predicted octanol–water partition coefficient (Wildman–Crippen LogP) is 4.71. The lowest BCUT2D eigenvalue weighted by molar-refractivity contribution is 0.0934. The van der Waals surface area contributed by atoms with Gasteiger partial charge in [-0.25, -0.2) is 0 Å². The van der Waals surface area contributed by atoms with E-state index in [1.807, 2.05) is 24.3 Å². The van der Waals surface area contributed by atoms with Crippen molar-refractivity contribution in [2.75, 3.05) is 12.4 Å².